The lowest BCUT2D eigenvalue weighted by Crippen LogP contribution is -2.11. The molecule has 1 aliphatic rings. The molecule has 9 aromatic carbocycles. The Bertz CT molecular complexity index is 3560. The summed E-state index contributed by atoms with van der Waals surface area (Å²) in [5, 5.41) is 4.59. The molecule has 0 spiro atoms. The summed E-state index contributed by atoms with van der Waals surface area (Å²) in [6.45, 7) is 2.29. The average molecular weight is 821 g/mol. The van der Waals surface area contributed by atoms with Crippen LogP contribution in [0.25, 0.3) is 88.4 Å². The molecule has 1 unspecified atom stereocenters. The Kier molecular flexibility index (Phi) is 9.19. The predicted molar refractivity (Wildman–Crippen MR) is 270 cm³/mol. The van der Waals surface area contributed by atoms with Crippen molar-refractivity contribution < 1.29 is 4.42 Å². The summed E-state index contributed by atoms with van der Waals surface area (Å²) in [4.78, 5) is 2.38. The van der Waals surface area contributed by atoms with Gasteiger partial charge in [0.25, 0.3) is 0 Å². The minimum Gasteiger partial charge on any atom is -0.454 e. The number of rotatable bonds is 8. The summed E-state index contributed by atoms with van der Waals surface area (Å²) >= 11 is 0. The summed E-state index contributed by atoms with van der Waals surface area (Å²) < 4.78 is 9.30. The lowest BCUT2D eigenvalue weighted by molar-refractivity contribution is 0.671. The Morgan fingerprint density at radius 1 is 0.500 bits per heavy atom. The Morgan fingerprint density at radius 2 is 1.08 bits per heavy atom. The first kappa shape index (κ1) is 37.6. The minimum atomic E-state index is 0.538. The fraction of sp³-hybridized carbons (Fsp3) is 0.0492. The molecule has 3 nitrogen and oxygen atoms in total. The second-order valence-electron chi connectivity index (χ2n) is 16.9. The Balaban J connectivity index is 1.05. The van der Waals surface area contributed by atoms with Crippen LogP contribution in [0.1, 0.15) is 18.9 Å². The molecule has 64 heavy (non-hydrogen) atoms. The monoisotopic (exact) mass is 820 g/mol. The van der Waals surface area contributed by atoms with Gasteiger partial charge in [-0.1, -0.05) is 177 Å². The van der Waals surface area contributed by atoms with Gasteiger partial charge in [-0.15, -0.1) is 0 Å². The molecule has 3 heteroatoms. The van der Waals surface area contributed by atoms with Crippen molar-refractivity contribution in [3.05, 3.63) is 236 Å². The number of aromatic nitrogens is 1. The van der Waals surface area contributed by atoms with E-state index in [1.807, 2.05) is 0 Å². The largest absolute Gasteiger partial charge is 0.454 e. The van der Waals surface area contributed by atoms with Crippen molar-refractivity contribution in [1.82, 2.24) is 4.57 Å². The number of hydrogen-bond donors (Lipinski definition) is 0. The first-order valence-corrected chi connectivity index (χ1v) is 22.2. The number of hydrogen-bond acceptors (Lipinski definition) is 2. The standard InChI is InChI=1S/C61H44N2O/c1-41-15-14-20-47(39-41)44-27-29-46(30-28-44)54-40-55-52-22-10-13-26-58(52)64-61(55)60-59(54)53-23-9-12-25-57(53)63(60)50-37-35-49(36-38-50)62(48-33-31-43(32-34-48)42-16-4-2-5-17-42)56-24-11-8-21-51(56)45-18-6-3-7-19-45/h2-14,16-41H,15H2,1H3. The van der Waals surface area contributed by atoms with Crippen LogP contribution in [0.5, 0.6) is 0 Å². The van der Waals surface area contributed by atoms with Crippen LogP contribution in [0.15, 0.2) is 235 Å². The molecular weight excluding hydrogens is 777 g/mol. The molecule has 0 saturated heterocycles. The van der Waals surface area contributed by atoms with Gasteiger partial charge in [-0.3, -0.25) is 0 Å². The summed E-state index contributed by atoms with van der Waals surface area (Å²) in [6, 6.07) is 76.6. The van der Waals surface area contributed by atoms with Crippen LogP contribution >= 0.6 is 0 Å². The first-order valence-electron chi connectivity index (χ1n) is 22.2. The molecule has 0 fully saturated rings. The van der Waals surface area contributed by atoms with Gasteiger partial charge in [0.05, 0.1) is 16.7 Å². The Hall–Kier alpha value is -8.14. The number of anilines is 3. The van der Waals surface area contributed by atoms with E-state index in [0.717, 1.165) is 67.7 Å². The highest BCUT2D eigenvalue weighted by Gasteiger charge is 2.24. The highest BCUT2D eigenvalue weighted by atomic mass is 16.3. The predicted octanol–water partition coefficient (Wildman–Crippen LogP) is 17.1. The Labute approximate surface area is 373 Å². The molecule has 0 aliphatic heterocycles. The van der Waals surface area contributed by atoms with Gasteiger partial charge in [-0.25, -0.2) is 0 Å². The molecule has 1 atom stereocenters. The van der Waals surface area contributed by atoms with E-state index in [9.17, 15) is 0 Å². The van der Waals surface area contributed by atoms with E-state index in [2.05, 4.69) is 247 Å². The fourth-order valence-corrected chi connectivity index (χ4v) is 9.84. The summed E-state index contributed by atoms with van der Waals surface area (Å²) in [5.41, 5.74) is 17.9. The van der Waals surface area contributed by atoms with Crippen molar-refractivity contribution >= 4 is 66.4 Å². The molecule has 0 bridgehead atoms. The zero-order chi connectivity index (χ0) is 42.6. The normalized spacial score (nSPS) is 13.8. The van der Waals surface area contributed by atoms with Crippen LogP contribution in [0.4, 0.5) is 17.1 Å². The van der Waals surface area contributed by atoms with Crippen molar-refractivity contribution in [2.75, 3.05) is 4.90 Å². The van der Waals surface area contributed by atoms with Gasteiger partial charge < -0.3 is 13.9 Å². The molecule has 304 valence electrons. The van der Waals surface area contributed by atoms with Gasteiger partial charge in [0, 0.05) is 44.2 Å². The fourth-order valence-electron chi connectivity index (χ4n) is 9.84. The van der Waals surface area contributed by atoms with Crippen LogP contribution < -0.4 is 4.90 Å². The van der Waals surface area contributed by atoms with E-state index in [-0.39, 0.29) is 0 Å². The van der Waals surface area contributed by atoms with Gasteiger partial charge in [0.2, 0.25) is 0 Å². The van der Waals surface area contributed by atoms with E-state index in [4.69, 9.17) is 4.42 Å². The van der Waals surface area contributed by atoms with Crippen molar-refractivity contribution in [2.24, 2.45) is 5.92 Å². The number of benzene rings is 9. The molecule has 2 aromatic heterocycles. The maximum atomic E-state index is 6.89. The molecule has 2 heterocycles. The quantitative estimate of drug-likeness (QED) is 0.152. The smallest absolute Gasteiger partial charge is 0.160 e. The van der Waals surface area contributed by atoms with Crippen molar-refractivity contribution in [1.29, 1.82) is 0 Å². The number of fused-ring (bicyclic) bond motifs is 7. The third-order valence-electron chi connectivity index (χ3n) is 12.9. The Morgan fingerprint density at radius 3 is 1.83 bits per heavy atom. The van der Waals surface area contributed by atoms with Gasteiger partial charge in [-0.05, 0) is 112 Å². The first-order chi connectivity index (χ1) is 31.7. The third-order valence-corrected chi connectivity index (χ3v) is 12.9. The molecule has 0 radical (unpaired) electrons. The van der Waals surface area contributed by atoms with E-state index >= 15 is 0 Å². The molecule has 1 aliphatic carbocycles. The maximum absolute atomic E-state index is 6.89. The van der Waals surface area contributed by atoms with E-state index in [1.165, 1.54) is 49.7 Å². The van der Waals surface area contributed by atoms with Gasteiger partial charge in [0.1, 0.15) is 5.58 Å². The van der Waals surface area contributed by atoms with Crippen LogP contribution in [-0.2, 0) is 0 Å². The summed E-state index contributed by atoms with van der Waals surface area (Å²) in [5.74, 6) is 0.538. The van der Waals surface area contributed by atoms with Gasteiger partial charge in [0.15, 0.2) is 5.58 Å². The van der Waals surface area contributed by atoms with E-state index < -0.39 is 0 Å². The topological polar surface area (TPSA) is 21.3 Å². The second-order valence-corrected chi connectivity index (χ2v) is 16.9. The van der Waals surface area contributed by atoms with Gasteiger partial charge in [-0.2, -0.15) is 0 Å². The molecule has 12 rings (SSSR count). The molecular formula is C61H44N2O. The zero-order valence-corrected chi connectivity index (χ0v) is 35.5. The molecule has 0 saturated carbocycles. The molecule has 0 N–H and O–H groups in total. The number of allylic oxidation sites excluding steroid dienone is 4. The van der Waals surface area contributed by atoms with Crippen LogP contribution in [0.3, 0.4) is 0 Å². The van der Waals surface area contributed by atoms with E-state index in [0.29, 0.717) is 5.92 Å². The lowest BCUT2D eigenvalue weighted by atomic mass is 9.91. The molecule has 11 aromatic rings. The molecule has 0 amide bonds. The second kappa shape index (κ2) is 15.6. The maximum Gasteiger partial charge on any atom is 0.160 e. The van der Waals surface area contributed by atoms with Crippen molar-refractivity contribution in [2.45, 2.75) is 13.3 Å². The third kappa shape index (κ3) is 6.44. The SMILES string of the molecule is CC1C=C(c2ccc(-c3cc4c5ccccc5oc4c4c3c3ccccc3n4-c3ccc(N(c4ccc(-c5ccccc5)cc4)c4ccccc4-c4ccccc4)cc3)cc2)C=CC1. The van der Waals surface area contributed by atoms with E-state index in [1.54, 1.807) is 0 Å². The van der Waals surface area contributed by atoms with Crippen LogP contribution in [0, 0.1) is 5.92 Å². The summed E-state index contributed by atoms with van der Waals surface area (Å²) in [6.07, 6.45) is 8.03. The van der Waals surface area contributed by atoms with Crippen LogP contribution in [-0.4, -0.2) is 4.57 Å². The highest BCUT2D eigenvalue weighted by molar-refractivity contribution is 6.26. The van der Waals surface area contributed by atoms with Gasteiger partial charge >= 0.3 is 0 Å². The number of furan rings is 1. The highest BCUT2D eigenvalue weighted by Crippen LogP contribution is 2.47. The van der Waals surface area contributed by atoms with Crippen LogP contribution in [0.2, 0.25) is 0 Å². The minimum absolute atomic E-state index is 0.538. The number of para-hydroxylation sites is 3. The zero-order valence-electron chi connectivity index (χ0n) is 35.5. The van der Waals surface area contributed by atoms with Crippen molar-refractivity contribution in [3.8, 4) is 39.1 Å². The number of nitrogens with zero attached hydrogens (tertiary/aromatic N) is 2. The average Bonchev–Trinajstić information content (AvgIpc) is 3.91. The summed E-state index contributed by atoms with van der Waals surface area (Å²) in [7, 11) is 0. The lowest BCUT2D eigenvalue weighted by Gasteiger charge is -2.28. The van der Waals surface area contributed by atoms with Crippen molar-refractivity contribution in [3.63, 3.8) is 0 Å².